The summed E-state index contributed by atoms with van der Waals surface area (Å²) in [4.78, 5) is 11.9. The highest BCUT2D eigenvalue weighted by Gasteiger charge is 2.28. The number of rotatable bonds is 4. The Kier molecular flexibility index (Phi) is 4.29. The first-order valence-electron chi connectivity index (χ1n) is 10.7. The Morgan fingerprint density at radius 2 is 1.87 bits per heavy atom. The van der Waals surface area contributed by atoms with E-state index >= 15 is 0 Å². The van der Waals surface area contributed by atoms with Gasteiger partial charge in [0.15, 0.2) is 0 Å². The van der Waals surface area contributed by atoms with Gasteiger partial charge >= 0.3 is 0 Å². The molecule has 8 nitrogen and oxygen atoms in total. The highest BCUT2D eigenvalue weighted by molar-refractivity contribution is 5.88. The number of nitrogens with zero attached hydrogens (tertiary/aromatic N) is 5. The SMILES string of the molecule is Cn1cc2cc(-c3ccc4nc(N5CC[C@@H](NC6COC6)C5)ccc4n3)c(O)cc2n1. The number of ether oxygens (including phenoxy) is 1. The molecule has 0 bridgehead atoms. The fraction of sp³-hybridized carbons (Fsp3) is 0.348. The zero-order valence-corrected chi connectivity index (χ0v) is 17.3. The lowest BCUT2D eigenvalue weighted by atomic mass is 10.1. The van der Waals surface area contributed by atoms with Crippen molar-refractivity contribution in [1.29, 1.82) is 0 Å². The second-order valence-corrected chi connectivity index (χ2v) is 8.47. The molecule has 0 aliphatic carbocycles. The summed E-state index contributed by atoms with van der Waals surface area (Å²) in [5.41, 5.74) is 3.84. The molecule has 0 unspecified atom stereocenters. The van der Waals surface area contributed by atoms with Crippen molar-refractivity contribution in [3.05, 3.63) is 42.6 Å². The normalized spacial score (nSPS) is 19.4. The lowest BCUT2D eigenvalue weighted by Crippen LogP contribution is -2.51. The third-order valence-electron chi connectivity index (χ3n) is 6.16. The Balaban J connectivity index is 1.27. The molecule has 4 aromatic rings. The number of hydrogen-bond acceptors (Lipinski definition) is 7. The minimum Gasteiger partial charge on any atom is -0.507 e. The van der Waals surface area contributed by atoms with E-state index in [-0.39, 0.29) is 5.75 Å². The molecule has 1 aromatic carbocycles. The van der Waals surface area contributed by atoms with Crippen LogP contribution in [0.15, 0.2) is 42.6 Å². The van der Waals surface area contributed by atoms with E-state index in [1.54, 1.807) is 10.7 Å². The second-order valence-electron chi connectivity index (χ2n) is 8.47. The van der Waals surface area contributed by atoms with Gasteiger partial charge in [0.05, 0.1) is 41.5 Å². The monoisotopic (exact) mass is 416 g/mol. The highest BCUT2D eigenvalue weighted by Crippen LogP contribution is 2.33. The number of phenolic OH excluding ortho intramolecular Hbond substituents is 1. The van der Waals surface area contributed by atoms with Crippen molar-refractivity contribution in [2.45, 2.75) is 18.5 Å². The van der Waals surface area contributed by atoms with E-state index < -0.39 is 0 Å². The molecule has 5 heterocycles. The zero-order valence-electron chi connectivity index (χ0n) is 17.3. The van der Waals surface area contributed by atoms with E-state index in [0.717, 1.165) is 66.2 Å². The van der Waals surface area contributed by atoms with Crippen molar-refractivity contribution in [3.8, 4) is 17.0 Å². The fourth-order valence-corrected chi connectivity index (χ4v) is 4.48. The summed E-state index contributed by atoms with van der Waals surface area (Å²) >= 11 is 0. The van der Waals surface area contributed by atoms with Gasteiger partial charge in [-0.1, -0.05) is 0 Å². The number of fused-ring (bicyclic) bond motifs is 2. The first-order valence-corrected chi connectivity index (χ1v) is 10.7. The van der Waals surface area contributed by atoms with Gasteiger partial charge in [-0.15, -0.1) is 0 Å². The molecule has 2 N–H and O–H groups in total. The van der Waals surface area contributed by atoms with Crippen LogP contribution in [0, 0.1) is 0 Å². The maximum Gasteiger partial charge on any atom is 0.129 e. The molecular formula is C23H24N6O2. The molecule has 2 aliphatic heterocycles. The molecule has 6 rings (SSSR count). The van der Waals surface area contributed by atoms with E-state index in [1.807, 2.05) is 43.6 Å². The number of phenols is 1. The Bertz CT molecular complexity index is 1280. The van der Waals surface area contributed by atoms with Crippen molar-refractivity contribution in [2.75, 3.05) is 31.2 Å². The second kappa shape index (κ2) is 7.18. The quantitative estimate of drug-likeness (QED) is 0.528. The number of nitrogens with one attached hydrogen (secondary N) is 1. The third kappa shape index (κ3) is 3.37. The summed E-state index contributed by atoms with van der Waals surface area (Å²) in [5.74, 6) is 1.16. The van der Waals surface area contributed by atoms with Crippen LogP contribution in [0.2, 0.25) is 0 Å². The Morgan fingerprint density at radius 3 is 2.71 bits per heavy atom. The summed E-state index contributed by atoms with van der Waals surface area (Å²) in [5, 5.41) is 19.5. The maximum atomic E-state index is 10.5. The predicted octanol–water partition coefficient (Wildman–Crippen LogP) is 2.46. The number of pyridine rings is 2. The highest BCUT2D eigenvalue weighted by atomic mass is 16.5. The molecule has 158 valence electrons. The van der Waals surface area contributed by atoms with Crippen LogP contribution >= 0.6 is 0 Å². The van der Waals surface area contributed by atoms with Crippen molar-refractivity contribution in [1.82, 2.24) is 25.1 Å². The number of benzene rings is 1. The van der Waals surface area contributed by atoms with Crippen molar-refractivity contribution in [2.24, 2.45) is 7.05 Å². The summed E-state index contributed by atoms with van der Waals surface area (Å²) in [6.07, 6.45) is 3.05. The summed E-state index contributed by atoms with van der Waals surface area (Å²) < 4.78 is 7.00. The zero-order chi connectivity index (χ0) is 20.9. The first kappa shape index (κ1) is 18.5. The van der Waals surface area contributed by atoms with Crippen molar-refractivity contribution in [3.63, 3.8) is 0 Å². The van der Waals surface area contributed by atoms with Gasteiger partial charge in [0.25, 0.3) is 0 Å². The predicted molar refractivity (Wildman–Crippen MR) is 119 cm³/mol. The van der Waals surface area contributed by atoms with Gasteiger partial charge in [-0.25, -0.2) is 9.97 Å². The topological polar surface area (TPSA) is 88.3 Å². The van der Waals surface area contributed by atoms with E-state index in [1.165, 1.54) is 0 Å². The molecule has 31 heavy (non-hydrogen) atoms. The summed E-state index contributed by atoms with van der Waals surface area (Å²) in [6, 6.07) is 12.5. The number of hydrogen-bond donors (Lipinski definition) is 2. The molecule has 2 aliphatic rings. The Hall–Kier alpha value is -3.23. The minimum absolute atomic E-state index is 0.176. The molecule has 0 spiro atoms. The fourth-order valence-electron chi connectivity index (χ4n) is 4.48. The molecule has 0 amide bonds. The van der Waals surface area contributed by atoms with Crippen LogP contribution in [0.25, 0.3) is 33.2 Å². The van der Waals surface area contributed by atoms with E-state index in [0.29, 0.717) is 17.6 Å². The number of aryl methyl sites for hydroxylation is 1. The van der Waals surface area contributed by atoms with Gasteiger partial charge < -0.3 is 20.1 Å². The number of aromatic nitrogens is 4. The first-order chi connectivity index (χ1) is 15.1. The average molecular weight is 416 g/mol. The Labute approximate surface area is 179 Å². The van der Waals surface area contributed by atoms with Gasteiger partial charge in [0.1, 0.15) is 11.6 Å². The van der Waals surface area contributed by atoms with E-state index in [2.05, 4.69) is 15.3 Å². The Morgan fingerprint density at radius 1 is 1.03 bits per heavy atom. The van der Waals surface area contributed by atoms with Crippen LogP contribution in [-0.2, 0) is 11.8 Å². The lowest BCUT2D eigenvalue weighted by Gasteiger charge is -2.30. The van der Waals surface area contributed by atoms with E-state index in [9.17, 15) is 5.11 Å². The van der Waals surface area contributed by atoms with Crippen LogP contribution in [0.3, 0.4) is 0 Å². The van der Waals surface area contributed by atoms with E-state index in [4.69, 9.17) is 14.7 Å². The van der Waals surface area contributed by atoms with Crippen LogP contribution in [0.1, 0.15) is 6.42 Å². The van der Waals surface area contributed by atoms with Gasteiger partial charge in [0, 0.05) is 49.4 Å². The molecular weight excluding hydrogens is 392 g/mol. The smallest absolute Gasteiger partial charge is 0.129 e. The van der Waals surface area contributed by atoms with Crippen LogP contribution in [0.4, 0.5) is 5.82 Å². The van der Waals surface area contributed by atoms with Gasteiger partial charge in [-0.05, 0) is 36.8 Å². The average Bonchev–Trinajstić information content (AvgIpc) is 3.35. The van der Waals surface area contributed by atoms with Crippen LogP contribution < -0.4 is 10.2 Å². The molecule has 1 atom stereocenters. The third-order valence-corrected chi connectivity index (χ3v) is 6.16. The van der Waals surface area contributed by atoms with Gasteiger partial charge in [-0.3, -0.25) is 4.68 Å². The van der Waals surface area contributed by atoms with Crippen molar-refractivity contribution < 1.29 is 9.84 Å². The van der Waals surface area contributed by atoms with Crippen LogP contribution in [0.5, 0.6) is 5.75 Å². The minimum atomic E-state index is 0.176. The summed E-state index contributed by atoms with van der Waals surface area (Å²) in [6.45, 7) is 3.60. The number of aromatic hydroxyl groups is 1. The van der Waals surface area contributed by atoms with Gasteiger partial charge in [-0.2, -0.15) is 5.10 Å². The van der Waals surface area contributed by atoms with Crippen LogP contribution in [-0.4, -0.2) is 63.2 Å². The van der Waals surface area contributed by atoms with Gasteiger partial charge in [0.2, 0.25) is 0 Å². The largest absolute Gasteiger partial charge is 0.507 e. The molecule has 2 fully saturated rings. The summed E-state index contributed by atoms with van der Waals surface area (Å²) in [7, 11) is 1.87. The molecule has 0 saturated carbocycles. The molecule has 0 radical (unpaired) electrons. The number of anilines is 1. The molecule has 8 heteroatoms. The molecule has 3 aromatic heterocycles. The molecule has 2 saturated heterocycles. The standard InChI is InChI=1S/C23H24N6O2/c1-28-10-14-8-17(22(30)9-21(14)27-28)18-2-3-20-19(25-18)4-5-23(26-20)29-7-6-15(11-29)24-16-12-31-13-16/h2-5,8-10,15-16,24,30H,6-7,11-13H2,1H3/t15-/m1/s1. The maximum absolute atomic E-state index is 10.5. The lowest BCUT2D eigenvalue weighted by molar-refractivity contribution is -0.00895. The van der Waals surface area contributed by atoms with Crippen molar-refractivity contribution >= 4 is 27.8 Å².